The van der Waals surface area contributed by atoms with Gasteiger partial charge in [-0.15, -0.1) is 0 Å². The molecular formula is C9H14N2O12P2. The van der Waals surface area contributed by atoms with Gasteiger partial charge in [0.1, 0.15) is 18.3 Å². The molecular weight excluding hydrogens is 390 g/mol. The Kier molecular flexibility index (Phi) is 5.81. The summed E-state index contributed by atoms with van der Waals surface area (Å²) in [4.78, 5) is 50.7. The van der Waals surface area contributed by atoms with Crippen molar-refractivity contribution in [3.05, 3.63) is 33.1 Å². The minimum absolute atomic E-state index is 0.704. The average molecular weight is 404 g/mol. The molecule has 1 saturated heterocycles. The maximum absolute atomic E-state index is 11.7. The Labute approximate surface area is 138 Å². The fourth-order valence-corrected chi connectivity index (χ4v) is 3.65. The molecule has 1 aromatic rings. The van der Waals surface area contributed by atoms with Crippen LogP contribution in [-0.2, 0) is 22.7 Å². The molecule has 1 aromatic heterocycles. The molecule has 0 aromatic carbocycles. The number of rotatable bonds is 6. The van der Waals surface area contributed by atoms with E-state index in [1.165, 1.54) is 0 Å². The maximum atomic E-state index is 11.7. The highest BCUT2D eigenvalue weighted by Crippen LogP contribution is 2.57. The number of aromatic nitrogens is 2. The average Bonchev–Trinajstić information content (AvgIpc) is 2.71. The highest BCUT2D eigenvalue weighted by molar-refractivity contribution is 7.60. The van der Waals surface area contributed by atoms with Crippen molar-refractivity contribution in [2.45, 2.75) is 24.5 Å². The molecule has 1 unspecified atom stereocenters. The first kappa shape index (κ1) is 20.1. The van der Waals surface area contributed by atoms with Crippen molar-refractivity contribution in [1.29, 1.82) is 0 Å². The number of hydrogen-bond acceptors (Lipinski definition) is 9. The lowest BCUT2D eigenvalue weighted by Crippen LogP contribution is -2.37. The van der Waals surface area contributed by atoms with Crippen LogP contribution in [0.2, 0.25) is 0 Å². The molecule has 0 radical (unpaired) electrons. The SMILES string of the molecule is O=c1ccn([C@H]2O[C@@H](COP(=O)(O)OP(=O)(O)O)[C@@H](O)[C@@H]2O)c(=O)[nH]1. The third kappa shape index (κ3) is 5.15. The molecule has 2 rings (SSSR count). The van der Waals surface area contributed by atoms with Gasteiger partial charge in [0.15, 0.2) is 6.23 Å². The molecule has 5 atom stereocenters. The van der Waals surface area contributed by atoms with Crippen molar-refractivity contribution >= 4 is 15.6 Å². The summed E-state index contributed by atoms with van der Waals surface area (Å²) in [5, 5.41) is 19.8. The number of ether oxygens (including phenoxy) is 1. The Balaban J connectivity index is 2.09. The van der Waals surface area contributed by atoms with Crippen molar-refractivity contribution < 1.29 is 47.6 Å². The molecule has 0 amide bonds. The van der Waals surface area contributed by atoms with Crippen LogP contribution in [-0.4, -0.2) is 59.4 Å². The van der Waals surface area contributed by atoms with Gasteiger partial charge in [0.25, 0.3) is 5.56 Å². The summed E-state index contributed by atoms with van der Waals surface area (Å²) in [6.45, 7) is -0.902. The van der Waals surface area contributed by atoms with Crippen molar-refractivity contribution in [1.82, 2.24) is 9.55 Å². The highest BCUT2D eigenvalue weighted by Gasteiger charge is 2.45. The lowest BCUT2D eigenvalue weighted by Gasteiger charge is -2.17. The molecule has 1 aliphatic heterocycles. The van der Waals surface area contributed by atoms with Crippen molar-refractivity contribution in [2.24, 2.45) is 0 Å². The summed E-state index contributed by atoms with van der Waals surface area (Å²) in [5.41, 5.74) is -1.65. The van der Waals surface area contributed by atoms with E-state index >= 15 is 0 Å². The minimum atomic E-state index is -5.32. The molecule has 0 aliphatic carbocycles. The first-order chi connectivity index (χ1) is 11.4. The van der Waals surface area contributed by atoms with E-state index in [0.29, 0.717) is 0 Å². The monoisotopic (exact) mass is 404 g/mol. The fraction of sp³-hybridized carbons (Fsp3) is 0.556. The number of aliphatic hydroxyl groups excluding tert-OH is 2. The van der Waals surface area contributed by atoms with Crippen LogP contribution in [0.15, 0.2) is 21.9 Å². The molecule has 1 aliphatic rings. The summed E-state index contributed by atoms with van der Waals surface area (Å²) < 4.78 is 35.6. The third-order valence-electron chi connectivity index (χ3n) is 3.07. The topological polar surface area (TPSA) is 218 Å². The predicted octanol–water partition coefficient (Wildman–Crippen LogP) is -2.62. The van der Waals surface area contributed by atoms with Gasteiger partial charge in [-0.05, 0) is 0 Å². The Morgan fingerprint density at radius 3 is 2.40 bits per heavy atom. The number of aromatic amines is 1. The smallest absolute Gasteiger partial charge is 0.387 e. The first-order valence-corrected chi connectivity index (χ1v) is 9.49. The van der Waals surface area contributed by atoms with Crippen LogP contribution in [0.5, 0.6) is 0 Å². The molecule has 25 heavy (non-hydrogen) atoms. The van der Waals surface area contributed by atoms with Gasteiger partial charge in [-0.3, -0.25) is 18.9 Å². The summed E-state index contributed by atoms with van der Waals surface area (Å²) >= 11 is 0. The van der Waals surface area contributed by atoms with Crippen LogP contribution in [0, 0.1) is 0 Å². The molecule has 14 nitrogen and oxygen atoms in total. The highest BCUT2D eigenvalue weighted by atomic mass is 31.3. The molecule has 2 heterocycles. The van der Waals surface area contributed by atoms with E-state index in [-0.39, 0.29) is 0 Å². The summed E-state index contributed by atoms with van der Waals surface area (Å²) in [6, 6.07) is 0.962. The second kappa shape index (κ2) is 7.21. The number of aliphatic hydroxyl groups is 2. The molecule has 142 valence electrons. The van der Waals surface area contributed by atoms with Crippen LogP contribution in [0.1, 0.15) is 6.23 Å². The third-order valence-corrected chi connectivity index (χ3v) is 5.23. The number of phosphoric acid groups is 2. The number of nitrogens with zero attached hydrogens (tertiary/aromatic N) is 1. The minimum Gasteiger partial charge on any atom is -0.387 e. The number of hydrogen-bond donors (Lipinski definition) is 6. The van der Waals surface area contributed by atoms with Gasteiger partial charge < -0.3 is 29.6 Å². The van der Waals surface area contributed by atoms with E-state index in [1.807, 2.05) is 4.98 Å². The van der Waals surface area contributed by atoms with Crippen molar-refractivity contribution in [3.63, 3.8) is 0 Å². The Morgan fingerprint density at radius 2 is 1.84 bits per heavy atom. The van der Waals surface area contributed by atoms with Crippen LogP contribution in [0.4, 0.5) is 0 Å². The fourth-order valence-electron chi connectivity index (χ4n) is 2.05. The van der Waals surface area contributed by atoms with Crippen LogP contribution >= 0.6 is 15.6 Å². The first-order valence-electron chi connectivity index (χ1n) is 6.47. The van der Waals surface area contributed by atoms with Crippen molar-refractivity contribution in [2.75, 3.05) is 6.61 Å². The van der Waals surface area contributed by atoms with Crippen molar-refractivity contribution in [3.8, 4) is 0 Å². The number of phosphoric ester groups is 1. The molecule has 0 spiro atoms. The Bertz CT molecular complexity index is 828. The standard InChI is InChI=1S/C9H14N2O12P2/c12-5-1-2-11(9(15)10-5)8-7(14)6(13)4(22-8)3-21-25(19,20)23-24(16,17)18/h1-2,4,6-8,13-14H,3H2,(H,19,20)(H,10,12,15)(H2,16,17,18)/t4-,6+,7-,8-/m0/s1. The quantitative estimate of drug-likeness (QED) is 0.269. The van der Waals surface area contributed by atoms with E-state index in [0.717, 1.165) is 16.8 Å². The molecule has 6 N–H and O–H groups in total. The second-order valence-corrected chi connectivity index (χ2v) is 7.73. The Hall–Kier alpha value is -1.18. The number of nitrogens with one attached hydrogen (secondary N) is 1. The Morgan fingerprint density at radius 1 is 1.20 bits per heavy atom. The summed E-state index contributed by atoms with van der Waals surface area (Å²) in [7, 11) is -10.5. The van der Waals surface area contributed by atoms with Gasteiger partial charge >= 0.3 is 21.3 Å². The lowest BCUT2D eigenvalue weighted by atomic mass is 10.1. The van der Waals surface area contributed by atoms with E-state index in [9.17, 15) is 28.9 Å². The van der Waals surface area contributed by atoms with Gasteiger partial charge in [-0.2, -0.15) is 4.31 Å². The molecule has 0 bridgehead atoms. The van der Waals surface area contributed by atoms with E-state index < -0.39 is 58.0 Å². The van der Waals surface area contributed by atoms with Gasteiger partial charge in [0, 0.05) is 12.3 Å². The maximum Gasteiger partial charge on any atom is 0.481 e. The van der Waals surface area contributed by atoms with Gasteiger partial charge in [-0.1, -0.05) is 0 Å². The zero-order chi connectivity index (χ0) is 19.0. The zero-order valence-corrected chi connectivity index (χ0v) is 13.9. The van der Waals surface area contributed by atoms with Gasteiger partial charge in [0.05, 0.1) is 6.61 Å². The van der Waals surface area contributed by atoms with Gasteiger partial charge in [0.2, 0.25) is 0 Å². The molecule has 1 fully saturated rings. The largest absolute Gasteiger partial charge is 0.481 e. The van der Waals surface area contributed by atoms with Gasteiger partial charge in [-0.25, -0.2) is 13.9 Å². The summed E-state index contributed by atoms with van der Waals surface area (Å²) in [6.07, 6.45) is -5.25. The van der Waals surface area contributed by atoms with E-state index in [2.05, 4.69) is 8.83 Å². The zero-order valence-electron chi connectivity index (χ0n) is 12.1. The summed E-state index contributed by atoms with van der Waals surface area (Å²) in [5.74, 6) is 0. The van der Waals surface area contributed by atoms with Crippen LogP contribution in [0.25, 0.3) is 0 Å². The second-order valence-electron chi connectivity index (χ2n) is 4.90. The molecule has 0 saturated carbocycles. The predicted molar refractivity (Wildman–Crippen MR) is 76.2 cm³/mol. The molecule has 16 heteroatoms. The van der Waals surface area contributed by atoms with Crippen LogP contribution in [0.3, 0.4) is 0 Å². The normalized spacial score (nSPS) is 29.5. The van der Waals surface area contributed by atoms with Crippen LogP contribution < -0.4 is 11.2 Å². The lowest BCUT2D eigenvalue weighted by molar-refractivity contribution is -0.0542. The van der Waals surface area contributed by atoms with E-state index in [1.54, 1.807) is 0 Å². The van der Waals surface area contributed by atoms with E-state index in [4.69, 9.17) is 19.4 Å². The number of H-pyrrole nitrogens is 1.